The largest absolute Gasteiger partial charge is 0.305 e. The highest BCUT2D eigenvalue weighted by molar-refractivity contribution is 7.91. The summed E-state index contributed by atoms with van der Waals surface area (Å²) in [6.07, 6.45) is 0.486. The number of hydrogen-bond donors (Lipinski definition) is 0. The Balaban J connectivity index is 2.33. The fraction of sp³-hybridized carbons (Fsp3) is 0.368. The molecule has 3 aromatic rings. The predicted octanol–water partition coefficient (Wildman–Crippen LogP) is 3.46. The van der Waals surface area contributed by atoms with Crippen molar-refractivity contribution in [3.63, 3.8) is 0 Å². The van der Waals surface area contributed by atoms with Crippen LogP contribution in [0.4, 0.5) is 0 Å². The van der Waals surface area contributed by atoms with Crippen LogP contribution in [-0.2, 0) is 22.8 Å². The van der Waals surface area contributed by atoms with Gasteiger partial charge >= 0.3 is 0 Å². The van der Waals surface area contributed by atoms with Crippen molar-refractivity contribution in [3.05, 3.63) is 51.9 Å². The summed E-state index contributed by atoms with van der Waals surface area (Å²) in [4.78, 5) is 7.00. The standard InChI is InChI=1S/C19H23ClN4O2S/c1-6-17-18(27(25,26)15-9-7-8-14(20)10-15)19-21-12(2)16(11-23(4)5)13(3)24(19)22-17/h7-10H,6,11H2,1-5H3. The Morgan fingerprint density at radius 2 is 1.93 bits per heavy atom. The molecule has 3 rings (SSSR count). The van der Waals surface area contributed by atoms with Gasteiger partial charge in [-0.25, -0.2) is 17.9 Å². The first-order valence-electron chi connectivity index (χ1n) is 8.69. The number of fused-ring (bicyclic) bond motifs is 1. The first kappa shape index (κ1) is 19.8. The topological polar surface area (TPSA) is 67.6 Å². The van der Waals surface area contributed by atoms with Crippen molar-refractivity contribution in [1.82, 2.24) is 19.5 Å². The molecule has 0 aliphatic heterocycles. The summed E-state index contributed by atoms with van der Waals surface area (Å²) in [5, 5.41) is 4.95. The van der Waals surface area contributed by atoms with E-state index in [0.29, 0.717) is 29.3 Å². The minimum atomic E-state index is -3.80. The lowest BCUT2D eigenvalue weighted by Crippen LogP contribution is -2.16. The number of rotatable bonds is 5. The molecule has 2 aromatic heterocycles. The highest BCUT2D eigenvalue weighted by Gasteiger charge is 2.29. The Hall–Kier alpha value is -1.96. The summed E-state index contributed by atoms with van der Waals surface area (Å²) in [6.45, 7) is 6.45. The van der Waals surface area contributed by atoms with E-state index in [4.69, 9.17) is 11.6 Å². The molecule has 0 unspecified atom stereocenters. The Bertz CT molecular complexity index is 1120. The van der Waals surface area contributed by atoms with Crippen molar-refractivity contribution >= 4 is 27.1 Å². The highest BCUT2D eigenvalue weighted by atomic mass is 35.5. The third-order valence-corrected chi connectivity index (χ3v) is 6.60. The Kier molecular flexibility index (Phi) is 5.29. The van der Waals surface area contributed by atoms with Crippen LogP contribution in [0.15, 0.2) is 34.1 Å². The van der Waals surface area contributed by atoms with E-state index in [9.17, 15) is 8.42 Å². The van der Waals surface area contributed by atoms with Crippen molar-refractivity contribution in [2.75, 3.05) is 14.1 Å². The van der Waals surface area contributed by atoms with Crippen molar-refractivity contribution in [3.8, 4) is 0 Å². The molecule has 0 radical (unpaired) electrons. The van der Waals surface area contributed by atoms with Crippen LogP contribution in [0, 0.1) is 13.8 Å². The van der Waals surface area contributed by atoms with Crippen LogP contribution in [0.25, 0.3) is 5.65 Å². The summed E-state index contributed by atoms with van der Waals surface area (Å²) in [5.41, 5.74) is 3.62. The average molecular weight is 407 g/mol. The second kappa shape index (κ2) is 7.22. The fourth-order valence-electron chi connectivity index (χ4n) is 3.19. The van der Waals surface area contributed by atoms with Gasteiger partial charge in [0.2, 0.25) is 9.84 Å². The molecule has 1 aromatic carbocycles. The molecular weight excluding hydrogens is 384 g/mol. The van der Waals surface area contributed by atoms with E-state index in [0.717, 1.165) is 17.0 Å². The second-order valence-electron chi connectivity index (χ2n) is 6.82. The molecule has 144 valence electrons. The number of benzene rings is 1. The minimum absolute atomic E-state index is 0.147. The van der Waals surface area contributed by atoms with Gasteiger partial charge in [0, 0.05) is 28.5 Å². The van der Waals surface area contributed by atoms with E-state index < -0.39 is 9.84 Å². The lowest BCUT2D eigenvalue weighted by Gasteiger charge is -2.15. The van der Waals surface area contributed by atoms with Gasteiger partial charge in [-0.1, -0.05) is 24.6 Å². The molecule has 0 bridgehead atoms. The molecule has 27 heavy (non-hydrogen) atoms. The van der Waals surface area contributed by atoms with Crippen LogP contribution >= 0.6 is 11.6 Å². The van der Waals surface area contributed by atoms with Crippen LogP contribution in [0.2, 0.25) is 5.02 Å². The number of hydrogen-bond acceptors (Lipinski definition) is 5. The molecule has 0 aliphatic carbocycles. The van der Waals surface area contributed by atoms with Gasteiger partial charge < -0.3 is 4.90 Å². The molecule has 0 saturated carbocycles. The Morgan fingerprint density at radius 1 is 1.22 bits per heavy atom. The molecule has 2 heterocycles. The fourth-order valence-corrected chi connectivity index (χ4v) is 5.09. The van der Waals surface area contributed by atoms with Crippen molar-refractivity contribution in [2.45, 2.75) is 43.5 Å². The zero-order chi connectivity index (χ0) is 19.9. The van der Waals surface area contributed by atoms with E-state index in [1.54, 1.807) is 22.7 Å². The summed E-state index contributed by atoms with van der Waals surface area (Å²) in [7, 11) is 0.172. The van der Waals surface area contributed by atoms with Gasteiger partial charge in [-0.3, -0.25) is 0 Å². The van der Waals surface area contributed by atoms with Gasteiger partial charge in [-0.05, 0) is 52.6 Å². The van der Waals surface area contributed by atoms with Gasteiger partial charge in [0.25, 0.3) is 0 Å². The van der Waals surface area contributed by atoms with E-state index in [-0.39, 0.29) is 9.79 Å². The quantitative estimate of drug-likeness (QED) is 0.649. The number of nitrogens with zero attached hydrogens (tertiary/aromatic N) is 4. The van der Waals surface area contributed by atoms with Crippen LogP contribution < -0.4 is 0 Å². The zero-order valence-corrected chi connectivity index (χ0v) is 17.7. The summed E-state index contributed by atoms with van der Waals surface area (Å²) in [5.74, 6) is 0. The molecule has 0 saturated heterocycles. The first-order chi connectivity index (χ1) is 12.7. The summed E-state index contributed by atoms with van der Waals surface area (Å²) in [6, 6.07) is 6.29. The Labute approximate surface area is 164 Å². The van der Waals surface area contributed by atoms with Gasteiger partial charge in [0.15, 0.2) is 5.65 Å². The van der Waals surface area contributed by atoms with Crippen molar-refractivity contribution < 1.29 is 8.42 Å². The number of aromatic nitrogens is 3. The number of aryl methyl sites for hydroxylation is 3. The lowest BCUT2D eigenvalue weighted by atomic mass is 10.1. The maximum Gasteiger partial charge on any atom is 0.212 e. The molecule has 6 nitrogen and oxygen atoms in total. The molecule has 0 spiro atoms. The van der Waals surface area contributed by atoms with E-state index in [1.807, 2.05) is 34.9 Å². The molecule has 0 N–H and O–H groups in total. The third kappa shape index (κ3) is 3.47. The predicted molar refractivity (Wildman–Crippen MR) is 106 cm³/mol. The van der Waals surface area contributed by atoms with E-state index in [2.05, 4.69) is 15.0 Å². The van der Waals surface area contributed by atoms with Crippen LogP contribution in [0.3, 0.4) is 0 Å². The van der Waals surface area contributed by atoms with Crippen LogP contribution in [0.1, 0.15) is 29.6 Å². The highest BCUT2D eigenvalue weighted by Crippen LogP contribution is 2.30. The van der Waals surface area contributed by atoms with Gasteiger partial charge in [-0.2, -0.15) is 5.10 Å². The first-order valence-corrected chi connectivity index (χ1v) is 10.6. The van der Waals surface area contributed by atoms with Gasteiger partial charge in [0.1, 0.15) is 4.90 Å². The average Bonchev–Trinajstić information content (AvgIpc) is 2.97. The van der Waals surface area contributed by atoms with Crippen LogP contribution in [-0.4, -0.2) is 42.0 Å². The zero-order valence-electron chi connectivity index (χ0n) is 16.1. The summed E-state index contributed by atoms with van der Waals surface area (Å²) >= 11 is 6.02. The monoisotopic (exact) mass is 406 g/mol. The molecule has 8 heteroatoms. The number of halogens is 1. The normalized spacial score (nSPS) is 12.3. The van der Waals surface area contributed by atoms with Gasteiger partial charge in [-0.15, -0.1) is 0 Å². The lowest BCUT2D eigenvalue weighted by molar-refractivity contribution is 0.398. The van der Waals surface area contributed by atoms with Crippen molar-refractivity contribution in [2.24, 2.45) is 0 Å². The smallest absolute Gasteiger partial charge is 0.212 e. The van der Waals surface area contributed by atoms with E-state index in [1.165, 1.54) is 6.07 Å². The minimum Gasteiger partial charge on any atom is -0.305 e. The maximum absolute atomic E-state index is 13.4. The molecule has 0 atom stereocenters. The van der Waals surface area contributed by atoms with Crippen molar-refractivity contribution in [1.29, 1.82) is 0 Å². The molecule has 0 fully saturated rings. The van der Waals surface area contributed by atoms with Crippen LogP contribution in [0.5, 0.6) is 0 Å². The molecular formula is C19H23ClN4O2S. The second-order valence-corrected chi connectivity index (χ2v) is 9.15. The maximum atomic E-state index is 13.4. The molecule has 0 aliphatic rings. The van der Waals surface area contributed by atoms with E-state index >= 15 is 0 Å². The molecule has 0 amide bonds. The van der Waals surface area contributed by atoms with Gasteiger partial charge in [0.05, 0.1) is 10.6 Å². The third-order valence-electron chi connectivity index (χ3n) is 4.54. The SMILES string of the molecule is CCc1nn2c(C)c(CN(C)C)c(C)nc2c1S(=O)(=O)c1cccc(Cl)c1. The summed E-state index contributed by atoms with van der Waals surface area (Å²) < 4.78 is 28.4. The Morgan fingerprint density at radius 3 is 2.52 bits per heavy atom. The number of sulfone groups is 1.